The standard InChI is InChI=1S/C25H18FNO3S/c1-31(29,30)27(19-7-3-2-4-8-19)24-15-17-11-12-18(26)16-22(17)25(24)14-13-23(28)20-9-5-6-10-21(20)25/h2-16H,1H3/t25-/m1/s1. The topological polar surface area (TPSA) is 54.5 Å². The Hall–Kier alpha value is -3.51. The number of benzene rings is 3. The molecule has 5 rings (SSSR count). The zero-order valence-corrected chi connectivity index (χ0v) is 17.4. The molecular formula is C25H18FNO3S. The number of hydrogen-bond donors (Lipinski definition) is 0. The van der Waals surface area contributed by atoms with Crippen molar-refractivity contribution < 1.29 is 17.6 Å². The first-order chi connectivity index (χ1) is 14.8. The van der Waals surface area contributed by atoms with Gasteiger partial charge in [-0.15, -0.1) is 0 Å². The van der Waals surface area contributed by atoms with Crippen LogP contribution >= 0.6 is 0 Å². The molecule has 0 aliphatic heterocycles. The third kappa shape index (κ3) is 2.86. The summed E-state index contributed by atoms with van der Waals surface area (Å²) < 4.78 is 41.8. The average Bonchev–Trinajstić information content (AvgIpc) is 3.05. The van der Waals surface area contributed by atoms with E-state index in [0.29, 0.717) is 33.6 Å². The molecule has 3 aromatic carbocycles. The predicted molar refractivity (Wildman–Crippen MR) is 119 cm³/mol. The van der Waals surface area contributed by atoms with Crippen molar-refractivity contribution in [1.82, 2.24) is 0 Å². The molecule has 0 fully saturated rings. The number of carbonyl (C=O) groups is 1. The van der Waals surface area contributed by atoms with Crippen LogP contribution in [-0.2, 0) is 15.4 Å². The van der Waals surface area contributed by atoms with Crippen LogP contribution in [0, 0.1) is 5.82 Å². The fourth-order valence-corrected chi connectivity index (χ4v) is 5.63. The lowest BCUT2D eigenvalue weighted by Gasteiger charge is -2.39. The Morgan fingerprint density at radius 3 is 2.35 bits per heavy atom. The van der Waals surface area contributed by atoms with Crippen molar-refractivity contribution >= 4 is 27.6 Å². The zero-order chi connectivity index (χ0) is 21.8. The van der Waals surface area contributed by atoms with Gasteiger partial charge in [0.15, 0.2) is 5.78 Å². The summed E-state index contributed by atoms with van der Waals surface area (Å²) in [7, 11) is -3.77. The van der Waals surface area contributed by atoms with Gasteiger partial charge >= 0.3 is 0 Å². The van der Waals surface area contributed by atoms with Gasteiger partial charge in [0.1, 0.15) is 5.82 Å². The lowest BCUT2D eigenvalue weighted by molar-refractivity contribution is 0.104. The maximum absolute atomic E-state index is 14.4. The lowest BCUT2D eigenvalue weighted by atomic mass is 9.69. The number of ketones is 1. The van der Waals surface area contributed by atoms with E-state index in [1.807, 2.05) is 0 Å². The number of halogens is 1. The maximum Gasteiger partial charge on any atom is 0.236 e. The van der Waals surface area contributed by atoms with Crippen LogP contribution in [0.4, 0.5) is 10.1 Å². The van der Waals surface area contributed by atoms with Gasteiger partial charge in [-0.1, -0.05) is 54.6 Å². The zero-order valence-electron chi connectivity index (χ0n) is 16.6. The molecule has 0 saturated carbocycles. The van der Waals surface area contributed by atoms with Crippen molar-refractivity contribution in [3.63, 3.8) is 0 Å². The number of para-hydroxylation sites is 1. The summed E-state index contributed by atoms with van der Waals surface area (Å²) in [6, 6.07) is 20.2. The minimum atomic E-state index is -3.77. The van der Waals surface area contributed by atoms with E-state index in [2.05, 4.69) is 0 Å². The normalized spacial score (nSPS) is 19.2. The third-order valence-corrected chi connectivity index (χ3v) is 6.85. The van der Waals surface area contributed by atoms with Crippen molar-refractivity contribution in [2.45, 2.75) is 5.41 Å². The SMILES string of the molecule is CS(=O)(=O)N(C1=Cc2ccc(F)cc2[C@]12C=CC(=O)c1ccccc12)c1ccccc1. The molecule has 154 valence electrons. The van der Waals surface area contributed by atoms with E-state index >= 15 is 0 Å². The number of fused-ring (bicyclic) bond motifs is 4. The lowest BCUT2D eigenvalue weighted by Crippen LogP contribution is -2.41. The van der Waals surface area contributed by atoms with E-state index in [1.54, 1.807) is 72.8 Å². The van der Waals surface area contributed by atoms with Gasteiger partial charge in [0.2, 0.25) is 10.0 Å². The molecule has 0 saturated heterocycles. The van der Waals surface area contributed by atoms with Crippen LogP contribution in [0.3, 0.4) is 0 Å². The van der Waals surface area contributed by atoms with Gasteiger partial charge < -0.3 is 0 Å². The molecule has 0 aromatic heterocycles. The second-order valence-corrected chi connectivity index (χ2v) is 9.51. The van der Waals surface area contributed by atoms with Crippen LogP contribution in [0.15, 0.2) is 90.6 Å². The molecule has 0 N–H and O–H groups in total. The minimum Gasteiger partial charge on any atom is -0.289 e. The number of anilines is 1. The Balaban J connectivity index is 1.88. The number of hydrogen-bond acceptors (Lipinski definition) is 3. The highest BCUT2D eigenvalue weighted by Gasteiger charge is 2.49. The summed E-state index contributed by atoms with van der Waals surface area (Å²) in [5, 5.41) is 0. The summed E-state index contributed by atoms with van der Waals surface area (Å²) in [5.74, 6) is -0.600. The molecule has 0 amide bonds. The van der Waals surface area contributed by atoms with Gasteiger partial charge in [-0.25, -0.2) is 17.1 Å². The molecule has 31 heavy (non-hydrogen) atoms. The Labute approximate surface area is 180 Å². The molecule has 3 aromatic rings. The first-order valence-electron chi connectivity index (χ1n) is 9.73. The maximum atomic E-state index is 14.4. The molecule has 6 heteroatoms. The molecule has 1 spiro atoms. The molecule has 0 unspecified atom stereocenters. The Morgan fingerprint density at radius 2 is 1.61 bits per heavy atom. The summed E-state index contributed by atoms with van der Waals surface area (Å²) in [5.41, 5.74) is 2.17. The molecular weight excluding hydrogens is 413 g/mol. The third-order valence-electron chi connectivity index (χ3n) is 5.78. The second kappa shape index (κ2) is 6.75. The van der Waals surface area contributed by atoms with E-state index in [1.165, 1.54) is 22.5 Å². The van der Waals surface area contributed by atoms with E-state index in [-0.39, 0.29) is 5.78 Å². The number of rotatable bonds is 3. The Bertz CT molecular complexity index is 1390. The summed E-state index contributed by atoms with van der Waals surface area (Å²) in [6.45, 7) is 0. The van der Waals surface area contributed by atoms with Crippen molar-refractivity contribution in [2.24, 2.45) is 0 Å². The van der Waals surface area contributed by atoms with Gasteiger partial charge in [-0.2, -0.15) is 0 Å². The van der Waals surface area contributed by atoms with Gasteiger partial charge in [0.25, 0.3) is 0 Å². The number of carbonyl (C=O) groups excluding carboxylic acids is 1. The van der Waals surface area contributed by atoms with E-state index in [0.717, 1.165) is 6.26 Å². The van der Waals surface area contributed by atoms with Crippen LogP contribution in [0.2, 0.25) is 0 Å². The van der Waals surface area contributed by atoms with Crippen LogP contribution in [0.1, 0.15) is 27.0 Å². The molecule has 0 bridgehead atoms. The van der Waals surface area contributed by atoms with Crippen LogP contribution in [-0.4, -0.2) is 20.5 Å². The predicted octanol–water partition coefficient (Wildman–Crippen LogP) is 4.69. The van der Waals surface area contributed by atoms with Crippen molar-refractivity contribution in [1.29, 1.82) is 0 Å². The second-order valence-electron chi connectivity index (χ2n) is 7.68. The first-order valence-corrected chi connectivity index (χ1v) is 11.6. The van der Waals surface area contributed by atoms with Crippen molar-refractivity contribution in [2.75, 3.05) is 10.6 Å². The van der Waals surface area contributed by atoms with Gasteiger partial charge in [-0.3, -0.25) is 4.79 Å². The summed E-state index contributed by atoms with van der Waals surface area (Å²) in [6.07, 6.45) is 6.04. The quantitative estimate of drug-likeness (QED) is 0.605. The Kier molecular flexibility index (Phi) is 4.24. The monoisotopic (exact) mass is 431 g/mol. The average molecular weight is 431 g/mol. The fraction of sp³-hybridized carbons (Fsp3) is 0.0800. The summed E-state index contributed by atoms with van der Waals surface area (Å²) in [4.78, 5) is 12.6. The first kappa shape index (κ1) is 19.5. The Morgan fingerprint density at radius 1 is 0.903 bits per heavy atom. The van der Waals surface area contributed by atoms with Crippen LogP contribution in [0.25, 0.3) is 6.08 Å². The summed E-state index contributed by atoms with van der Waals surface area (Å²) >= 11 is 0. The minimum absolute atomic E-state index is 0.170. The van der Waals surface area contributed by atoms with Crippen LogP contribution in [0.5, 0.6) is 0 Å². The van der Waals surface area contributed by atoms with Gasteiger partial charge in [-0.05, 0) is 53.1 Å². The number of nitrogens with zero attached hydrogens (tertiary/aromatic N) is 1. The largest absolute Gasteiger partial charge is 0.289 e. The molecule has 4 nitrogen and oxygen atoms in total. The number of sulfonamides is 1. The molecule has 2 aliphatic carbocycles. The molecule has 0 radical (unpaired) electrons. The number of allylic oxidation sites excluding steroid dienone is 2. The molecule has 2 aliphatic rings. The molecule has 1 atom stereocenters. The van der Waals surface area contributed by atoms with Gasteiger partial charge in [0, 0.05) is 5.56 Å². The highest BCUT2D eigenvalue weighted by Crippen LogP contribution is 2.53. The molecule has 0 heterocycles. The van der Waals surface area contributed by atoms with Crippen molar-refractivity contribution in [3.8, 4) is 0 Å². The van der Waals surface area contributed by atoms with E-state index < -0.39 is 21.3 Å². The highest BCUT2D eigenvalue weighted by molar-refractivity contribution is 7.92. The van der Waals surface area contributed by atoms with E-state index in [4.69, 9.17) is 0 Å². The smallest absolute Gasteiger partial charge is 0.236 e. The fourth-order valence-electron chi connectivity index (χ4n) is 4.57. The van der Waals surface area contributed by atoms with Crippen molar-refractivity contribution in [3.05, 3.63) is 119 Å². The van der Waals surface area contributed by atoms with Crippen LogP contribution < -0.4 is 4.31 Å². The van der Waals surface area contributed by atoms with E-state index in [9.17, 15) is 17.6 Å². The highest BCUT2D eigenvalue weighted by atomic mass is 32.2. The van der Waals surface area contributed by atoms with Gasteiger partial charge in [0.05, 0.1) is 23.1 Å².